The van der Waals surface area contributed by atoms with Gasteiger partial charge in [-0.1, -0.05) is 18.2 Å². The Morgan fingerprint density at radius 3 is 2.50 bits per heavy atom. The fourth-order valence-corrected chi connectivity index (χ4v) is 2.85. The van der Waals surface area contributed by atoms with Crippen LogP contribution in [-0.4, -0.2) is 30.4 Å². The summed E-state index contributed by atoms with van der Waals surface area (Å²) in [5, 5.41) is 0. The first-order valence-corrected chi connectivity index (χ1v) is 7.21. The van der Waals surface area contributed by atoms with Crippen molar-refractivity contribution in [1.82, 2.24) is 4.90 Å². The van der Waals surface area contributed by atoms with Gasteiger partial charge in [0.25, 0.3) is 0 Å². The molecule has 2 rings (SSSR count). The first-order valence-electron chi connectivity index (χ1n) is 7.21. The number of rotatable bonds is 3. The lowest BCUT2D eigenvalue weighted by atomic mass is 9.82. The van der Waals surface area contributed by atoms with Crippen LogP contribution in [-0.2, 0) is 10.2 Å². The van der Waals surface area contributed by atoms with Crippen LogP contribution in [0.25, 0.3) is 0 Å². The number of carbonyl (C=O) groups excluding carboxylic acids is 1. The van der Waals surface area contributed by atoms with E-state index in [2.05, 4.69) is 0 Å². The molecule has 1 heterocycles. The van der Waals surface area contributed by atoms with Crippen molar-refractivity contribution in [3.63, 3.8) is 0 Å². The third-order valence-electron chi connectivity index (χ3n) is 4.32. The minimum absolute atomic E-state index is 0.00179. The largest absolute Gasteiger partial charge is 0.342 e. The van der Waals surface area contributed by atoms with E-state index in [0.717, 1.165) is 25.9 Å². The number of nitrogens with zero attached hydrogens (tertiary/aromatic N) is 1. The summed E-state index contributed by atoms with van der Waals surface area (Å²) >= 11 is 0. The van der Waals surface area contributed by atoms with Crippen molar-refractivity contribution in [2.45, 2.75) is 32.1 Å². The highest BCUT2D eigenvalue weighted by atomic mass is 19.1. The van der Waals surface area contributed by atoms with Crippen molar-refractivity contribution in [1.29, 1.82) is 0 Å². The van der Waals surface area contributed by atoms with Crippen LogP contribution in [0, 0.1) is 11.7 Å². The molecule has 1 aliphatic rings. The van der Waals surface area contributed by atoms with Crippen LogP contribution < -0.4 is 5.73 Å². The van der Waals surface area contributed by atoms with Gasteiger partial charge in [0.1, 0.15) is 5.82 Å². The minimum Gasteiger partial charge on any atom is -0.342 e. The molecule has 3 nitrogen and oxygen atoms in total. The zero-order chi connectivity index (χ0) is 14.8. The van der Waals surface area contributed by atoms with Gasteiger partial charge in [0, 0.05) is 18.7 Å². The lowest BCUT2D eigenvalue weighted by Crippen LogP contribution is -2.48. The standard InChI is InChI=1S/C16H23FN2O/c1-16(2,13-5-3-4-6-14(13)17)15(20)19-9-7-12(11-18)8-10-19/h3-6,12H,7-11,18H2,1-2H3. The second-order valence-electron chi connectivity index (χ2n) is 6.08. The molecule has 0 saturated carbocycles. The Bertz CT molecular complexity index is 479. The van der Waals surface area contributed by atoms with Gasteiger partial charge in [-0.3, -0.25) is 4.79 Å². The average molecular weight is 278 g/mol. The molecule has 2 N–H and O–H groups in total. The number of carbonyl (C=O) groups is 1. The second-order valence-corrected chi connectivity index (χ2v) is 6.08. The normalized spacial score (nSPS) is 17.3. The topological polar surface area (TPSA) is 46.3 Å². The number of hydrogen-bond acceptors (Lipinski definition) is 2. The maximum atomic E-state index is 13.9. The molecule has 0 radical (unpaired) electrons. The predicted molar refractivity (Wildman–Crippen MR) is 77.8 cm³/mol. The van der Waals surface area contributed by atoms with E-state index in [4.69, 9.17) is 5.73 Å². The van der Waals surface area contributed by atoms with Crippen molar-refractivity contribution in [2.24, 2.45) is 11.7 Å². The summed E-state index contributed by atoms with van der Waals surface area (Å²) in [6.07, 6.45) is 1.88. The second kappa shape index (κ2) is 5.92. The van der Waals surface area contributed by atoms with Crippen molar-refractivity contribution >= 4 is 5.91 Å². The van der Waals surface area contributed by atoms with Crippen LogP contribution in [0.4, 0.5) is 4.39 Å². The Labute approximate surface area is 120 Å². The van der Waals surface area contributed by atoms with Gasteiger partial charge in [0.2, 0.25) is 5.91 Å². The molecule has 1 aromatic carbocycles. The summed E-state index contributed by atoms with van der Waals surface area (Å²) in [6.45, 7) is 5.71. The molecular formula is C16H23FN2O. The molecule has 0 spiro atoms. The Morgan fingerprint density at radius 2 is 1.95 bits per heavy atom. The van der Waals surface area contributed by atoms with Crippen LogP contribution in [0.5, 0.6) is 0 Å². The number of halogens is 1. The van der Waals surface area contributed by atoms with Gasteiger partial charge in [-0.25, -0.2) is 4.39 Å². The van der Waals surface area contributed by atoms with Crippen molar-refractivity contribution in [3.8, 4) is 0 Å². The van der Waals surface area contributed by atoms with Crippen LogP contribution >= 0.6 is 0 Å². The Morgan fingerprint density at radius 1 is 1.35 bits per heavy atom. The number of piperidine rings is 1. The zero-order valence-corrected chi connectivity index (χ0v) is 12.2. The van der Waals surface area contributed by atoms with Gasteiger partial charge < -0.3 is 10.6 Å². The maximum Gasteiger partial charge on any atom is 0.232 e. The molecule has 1 amide bonds. The van der Waals surface area contributed by atoms with E-state index in [-0.39, 0.29) is 11.7 Å². The van der Waals surface area contributed by atoms with Gasteiger partial charge in [-0.2, -0.15) is 0 Å². The van der Waals surface area contributed by atoms with E-state index in [1.54, 1.807) is 32.0 Å². The summed E-state index contributed by atoms with van der Waals surface area (Å²) in [7, 11) is 0. The zero-order valence-electron chi connectivity index (χ0n) is 12.2. The summed E-state index contributed by atoms with van der Waals surface area (Å²) in [5.74, 6) is 0.191. The van der Waals surface area contributed by atoms with Gasteiger partial charge in [0.15, 0.2) is 0 Å². The number of benzene rings is 1. The summed E-state index contributed by atoms with van der Waals surface area (Å²) in [4.78, 5) is 14.5. The van der Waals surface area contributed by atoms with Crippen molar-refractivity contribution in [3.05, 3.63) is 35.6 Å². The van der Waals surface area contributed by atoms with Gasteiger partial charge in [0.05, 0.1) is 5.41 Å². The molecule has 110 valence electrons. The first-order chi connectivity index (χ1) is 9.46. The van der Waals surface area contributed by atoms with Crippen LogP contribution in [0.15, 0.2) is 24.3 Å². The molecule has 1 aromatic rings. The molecule has 0 atom stereocenters. The maximum absolute atomic E-state index is 13.9. The van der Waals surface area contributed by atoms with E-state index >= 15 is 0 Å². The Balaban J connectivity index is 2.14. The molecule has 0 aromatic heterocycles. The SMILES string of the molecule is CC(C)(C(=O)N1CCC(CN)CC1)c1ccccc1F. The quantitative estimate of drug-likeness (QED) is 0.922. The predicted octanol–water partition coefficient (Wildman–Crippen LogP) is 2.30. The highest BCUT2D eigenvalue weighted by Gasteiger charge is 2.36. The van der Waals surface area contributed by atoms with E-state index in [0.29, 0.717) is 18.0 Å². The fraction of sp³-hybridized carbons (Fsp3) is 0.562. The molecule has 1 fully saturated rings. The highest BCUT2D eigenvalue weighted by Crippen LogP contribution is 2.29. The molecule has 4 heteroatoms. The Hall–Kier alpha value is -1.42. The third-order valence-corrected chi connectivity index (χ3v) is 4.32. The average Bonchev–Trinajstić information content (AvgIpc) is 2.47. The number of hydrogen-bond donors (Lipinski definition) is 1. The fourth-order valence-electron chi connectivity index (χ4n) is 2.85. The Kier molecular flexibility index (Phi) is 4.43. The van der Waals surface area contributed by atoms with Gasteiger partial charge in [-0.05, 0) is 45.2 Å². The number of nitrogens with two attached hydrogens (primary N) is 1. The molecule has 0 unspecified atom stereocenters. The van der Waals surface area contributed by atoms with E-state index in [1.165, 1.54) is 6.07 Å². The summed E-state index contributed by atoms with van der Waals surface area (Å²) in [5.41, 5.74) is 5.30. The number of likely N-dealkylation sites (tertiary alicyclic amines) is 1. The molecular weight excluding hydrogens is 255 g/mol. The molecule has 1 aliphatic heterocycles. The molecule has 0 aliphatic carbocycles. The third kappa shape index (κ3) is 2.85. The van der Waals surface area contributed by atoms with E-state index in [9.17, 15) is 9.18 Å². The first kappa shape index (κ1) is 15.0. The van der Waals surface area contributed by atoms with Crippen LogP contribution in [0.3, 0.4) is 0 Å². The lowest BCUT2D eigenvalue weighted by molar-refractivity contribution is -0.137. The lowest BCUT2D eigenvalue weighted by Gasteiger charge is -2.37. The van der Waals surface area contributed by atoms with E-state index < -0.39 is 5.41 Å². The van der Waals surface area contributed by atoms with Gasteiger partial charge >= 0.3 is 0 Å². The summed E-state index contributed by atoms with van der Waals surface area (Å²) in [6, 6.07) is 6.52. The van der Waals surface area contributed by atoms with Crippen LogP contribution in [0.1, 0.15) is 32.3 Å². The van der Waals surface area contributed by atoms with E-state index in [1.807, 2.05) is 4.90 Å². The molecule has 0 bridgehead atoms. The summed E-state index contributed by atoms with van der Waals surface area (Å²) < 4.78 is 13.9. The molecule has 1 saturated heterocycles. The molecule has 20 heavy (non-hydrogen) atoms. The minimum atomic E-state index is -0.832. The van der Waals surface area contributed by atoms with Gasteiger partial charge in [-0.15, -0.1) is 0 Å². The monoisotopic (exact) mass is 278 g/mol. The van der Waals surface area contributed by atoms with Crippen molar-refractivity contribution < 1.29 is 9.18 Å². The van der Waals surface area contributed by atoms with Crippen LogP contribution in [0.2, 0.25) is 0 Å². The number of amides is 1. The van der Waals surface area contributed by atoms with Crippen molar-refractivity contribution in [2.75, 3.05) is 19.6 Å². The smallest absolute Gasteiger partial charge is 0.232 e. The highest BCUT2D eigenvalue weighted by molar-refractivity contribution is 5.87.